The number of carbonyl (C=O) groups is 1. The number of hydrogen-bond donors (Lipinski definition) is 2. The van der Waals surface area contributed by atoms with E-state index in [0.29, 0.717) is 5.75 Å². The second kappa shape index (κ2) is 5.66. The van der Waals surface area contributed by atoms with Gasteiger partial charge in [-0.2, -0.15) is 0 Å². The second-order valence-electron chi connectivity index (χ2n) is 4.53. The smallest absolute Gasteiger partial charge is 0.323 e. The van der Waals surface area contributed by atoms with Crippen LogP contribution in [-0.2, 0) is 4.79 Å². The molecule has 0 aliphatic heterocycles. The van der Waals surface area contributed by atoms with Crippen LogP contribution in [0.4, 0.5) is 5.69 Å². The first-order chi connectivity index (χ1) is 8.74. The van der Waals surface area contributed by atoms with Crippen LogP contribution in [0.15, 0.2) is 18.2 Å². The molecule has 1 rings (SSSR count). The first-order valence-electron chi connectivity index (χ1n) is 5.64. The van der Waals surface area contributed by atoms with E-state index in [4.69, 9.17) is 15.6 Å². The topological polar surface area (TPSA) is 116 Å². The summed E-state index contributed by atoms with van der Waals surface area (Å²) < 4.78 is 5.37. The van der Waals surface area contributed by atoms with Crippen LogP contribution in [0, 0.1) is 17.0 Å². The van der Waals surface area contributed by atoms with Crippen LogP contribution in [0.2, 0.25) is 0 Å². The van der Waals surface area contributed by atoms with Gasteiger partial charge < -0.3 is 15.6 Å². The maximum Gasteiger partial charge on any atom is 0.323 e. The average molecular weight is 268 g/mol. The predicted molar refractivity (Wildman–Crippen MR) is 68.2 cm³/mol. The van der Waals surface area contributed by atoms with Crippen LogP contribution in [-0.4, -0.2) is 28.1 Å². The van der Waals surface area contributed by atoms with Gasteiger partial charge in [-0.3, -0.25) is 14.9 Å². The molecule has 0 heterocycles. The van der Waals surface area contributed by atoms with Crippen molar-refractivity contribution in [2.24, 2.45) is 5.73 Å². The number of nitrogens with two attached hydrogens (primary N) is 1. The maximum absolute atomic E-state index is 10.8. The van der Waals surface area contributed by atoms with Crippen LogP contribution < -0.4 is 10.5 Å². The van der Waals surface area contributed by atoms with Gasteiger partial charge in [0.15, 0.2) is 0 Å². The quantitative estimate of drug-likeness (QED) is 0.596. The minimum atomic E-state index is -1.38. The van der Waals surface area contributed by atoms with E-state index in [1.807, 2.05) is 0 Å². The molecule has 0 amide bonds. The molecule has 104 valence electrons. The van der Waals surface area contributed by atoms with E-state index < -0.39 is 16.4 Å². The third kappa shape index (κ3) is 3.92. The highest BCUT2D eigenvalue weighted by Crippen LogP contribution is 2.24. The molecule has 19 heavy (non-hydrogen) atoms. The van der Waals surface area contributed by atoms with Crippen molar-refractivity contribution in [3.05, 3.63) is 33.9 Å². The number of non-ortho nitro benzene ring substituents is 1. The molecule has 0 fully saturated rings. The second-order valence-corrected chi connectivity index (χ2v) is 4.53. The minimum absolute atomic E-state index is 0.0707. The third-order valence-electron chi connectivity index (χ3n) is 2.75. The van der Waals surface area contributed by atoms with Crippen LogP contribution >= 0.6 is 0 Å². The Morgan fingerprint density at radius 3 is 2.74 bits per heavy atom. The molecule has 7 nitrogen and oxygen atoms in total. The number of aliphatic carboxylic acids is 1. The van der Waals surface area contributed by atoms with Crippen LogP contribution in [0.5, 0.6) is 5.75 Å². The molecule has 3 N–H and O–H groups in total. The molecule has 1 atom stereocenters. The van der Waals surface area contributed by atoms with Gasteiger partial charge in [-0.05, 0) is 25.5 Å². The Bertz CT molecular complexity index is 499. The zero-order chi connectivity index (χ0) is 14.6. The average Bonchev–Trinajstić information content (AvgIpc) is 2.30. The molecular weight excluding hydrogens is 252 g/mol. The molecule has 0 aliphatic rings. The molecule has 1 aromatic carbocycles. The summed E-state index contributed by atoms with van der Waals surface area (Å²) in [5.41, 5.74) is 4.83. The molecule has 0 aromatic heterocycles. The van der Waals surface area contributed by atoms with Gasteiger partial charge in [-0.25, -0.2) is 0 Å². The summed E-state index contributed by atoms with van der Waals surface area (Å²) in [6.07, 6.45) is 0.102. The molecule has 7 heteroatoms. The van der Waals surface area contributed by atoms with E-state index >= 15 is 0 Å². The van der Waals surface area contributed by atoms with Crippen molar-refractivity contribution in [2.45, 2.75) is 25.8 Å². The summed E-state index contributed by atoms with van der Waals surface area (Å²) in [5.74, 6) is -0.762. The van der Waals surface area contributed by atoms with Crippen molar-refractivity contribution in [3.63, 3.8) is 0 Å². The van der Waals surface area contributed by atoms with Crippen LogP contribution in [0.1, 0.15) is 18.9 Å². The Morgan fingerprint density at radius 1 is 1.58 bits per heavy atom. The number of hydrogen-bond acceptors (Lipinski definition) is 5. The summed E-state index contributed by atoms with van der Waals surface area (Å²) >= 11 is 0. The lowest BCUT2D eigenvalue weighted by Crippen LogP contribution is -2.45. The molecule has 1 unspecified atom stereocenters. The molecule has 0 saturated carbocycles. The van der Waals surface area contributed by atoms with E-state index in [0.717, 1.165) is 5.56 Å². The highest BCUT2D eigenvalue weighted by atomic mass is 16.6. The lowest BCUT2D eigenvalue weighted by atomic mass is 10.0. The molecule has 0 spiro atoms. The van der Waals surface area contributed by atoms with E-state index in [1.54, 1.807) is 13.0 Å². The number of nitro benzene ring substituents is 1. The molecule has 0 radical (unpaired) electrons. The summed E-state index contributed by atoms with van der Waals surface area (Å²) in [7, 11) is 0. The number of carboxylic acid groups (broad SMARTS) is 1. The molecular formula is C12H16N2O5. The van der Waals surface area contributed by atoms with E-state index in [2.05, 4.69) is 0 Å². The van der Waals surface area contributed by atoms with Crippen molar-refractivity contribution in [1.82, 2.24) is 0 Å². The largest absolute Gasteiger partial charge is 0.493 e. The van der Waals surface area contributed by atoms with Crippen molar-refractivity contribution in [3.8, 4) is 5.75 Å². The van der Waals surface area contributed by atoms with Gasteiger partial charge in [0.25, 0.3) is 5.69 Å². The van der Waals surface area contributed by atoms with Gasteiger partial charge in [0.05, 0.1) is 17.6 Å². The number of rotatable bonds is 6. The highest BCUT2D eigenvalue weighted by Gasteiger charge is 2.27. The van der Waals surface area contributed by atoms with Gasteiger partial charge in [0.1, 0.15) is 11.3 Å². The van der Waals surface area contributed by atoms with E-state index in [9.17, 15) is 14.9 Å². The molecule has 1 aromatic rings. The molecule has 0 aliphatic carbocycles. The van der Waals surface area contributed by atoms with Crippen molar-refractivity contribution in [1.29, 1.82) is 0 Å². The molecule has 0 bridgehead atoms. The Hall–Kier alpha value is -2.15. The fraction of sp³-hybridized carbons (Fsp3) is 0.417. The standard InChI is InChI=1S/C12H16N2O5/c1-8-3-4-9(14(17)18)7-10(8)19-6-5-12(2,13)11(15)16/h3-4,7H,5-6,13H2,1-2H3,(H,15,16). The Labute approximate surface area is 110 Å². The molecule has 0 saturated heterocycles. The van der Waals surface area contributed by atoms with Gasteiger partial charge in [-0.15, -0.1) is 0 Å². The minimum Gasteiger partial charge on any atom is -0.493 e. The fourth-order valence-corrected chi connectivity index (χ4v) is 1.34. The number of carboxylic acids is 1. The van der Waals surface area contributed by atoms with Gasteiger partial charge in [0, 0.05) is 12.5 Å². The SMILES string of the molecule is Cc1ccc([N+](=O)[O-])cc1OCCC(C)(N)C(=O)O. The normalized spacial score (nSPS) is 13.6. The van der Waals surface area contributed by atoms with Crippen molar-refractivity contribution in [2.75, 3.05) is 6.61 Å². The third-order valence-corrected chi connectivity index (χ3v) is 2.75. The summed E-state index contributed by atoms with van der Waals surface area (Å²) in [5, 5.41) is 19.5. The number of nitrogens with zero attached hydrogens (tertiary/aromatic N) is 1. The predicted octanol–water partition coefficient (Wildman–Crippen LogP) is 1.47. The van der Waals surface area contributed by atoms with Gasteiger partial charge in [0.2, 0.25) is 0 Å². The lowest BCUT2D eigenvalue weighted by Gasteiger charge is -2.19. The Morgan fingerprint density at radius 2 is 2.21 bits per heavy atom. The van der Waals surface area contributed by atoms with Crippen LogP contribution in [0.3, 0.4) is 0 Å². The maximum atomic E-state index is 10.8. The zero-order valence-corrected chi connectivity index (χ0v) is 10.8. The first kappa shape index (κ1) is 14.9. The number of ether oxygens (including phenoxy) is 1. The summed E-state index contributed by atoms with van der Waals surface area (Å²) in [4.78, 5) is 20.9. The number of nitro groups is 1. The Kier molecular flexibility index (Phi) is 4.44. The zero-order valence-electron chi connectivity index (χ0n) is 10.8. The van der Waals surface area contributed by atoms with E-state index in [1.165, 1.54) is 19.1 Å². The lowest BCUT2D eigenvalue weighted by molar-refractivity contribution is -0.384. The fourth-order valence-electron chi connectivity index (χ4n) is 1.34. The monoisotopic (exact) mass is 268 g/mol. The van der Waals surface area contributed by atoms with Crippen molar-refractivity contribution >= 4 is 11.7 Å². The number of benzene rings is 1. The van der Waals surface area contributed by atoms with Gasteiger partial charge in [-0.1, -0.05) is 0 Å². The Balaban J connectivity index is 2.70. The number of aryl methyl sites for hydroxylation is 1. The summed E-state index contributed by atoms with van der Waals surface area (Å²) in [6.45, 7) is 3.21. The summed E-state index contributed by atoms with van der Waals surface area (Å²) in [6, 6.07) is 4.27. The van der Waals surface area contributed by atoms with Gasteiger partial charge >= 0.3 is 5.97 Å². The highest BCUT2D eigenvalue weighted by molar-refractivity contribution is 5.77. The van der Waals surface area contributed by atoms with Crippen LogP contribution in [0.25, 0.3) is 0 Å². The first-order valence-corrected chi connectivity index (χ1v) is 5.64. The van der Waals surface area contributed by atoms with E-state index in [-0.39, 0.29) is 18.7 Å². The van der Waals surface area contributed by atoms with Crippen molar-refractivity contribution < 1.29 is 19.6 Å².